The van der Waals surface area contributed by atoms with E-state index in [4.69, 9.17) is 11.6 Å². The van der Waals surface area contributed by atoms with Crippen molar-refractivity contribution in [1.82, 2.24) is 5.32 Å². The molecule has 0 atom stereocenters. The number of nitrogens with one attached hydrogen (secondary N) is 1. The summed E-state index contributed by atoms with van der Waals surface area (Å²) in [6, 6.07) is 7.56. The van der Waals surface area contributed by atoms with Gasteiger partial charge in [-0.25, -0.2) is 5.01 Å². The van der Waals surface area contributed by atoms with Gasteiger partial charge in [-0.3, -0.25) is 0 Å². The molecule has 1 aromatic rings. The van der Waals surface area contributed by atoms with Crippen molar-refractivity contribution in [2.24, 2.45) is 10.3 Å². The highest BCUT2D eigenvalue weighted by atomic mass is 35.5. The van der Waals surface area contributed by atoms with Crippen molar-refractivity contribution < 1.29 is 0 Å². The Morgan fingerprint density at radius 1 is 1.11 bits per heavy atom. The van der Waals surface area contributed by atoms with Crippen molar-refractivity contribution >= 4 is 17.3 Å². The van der Waals surface area contributed by atoms with Gasteiger partial charge in [-0.05, 0) is 36.4 Å². The summed E-state index contributed by atoms with van der Waals surface area (Å²) in [6.45, 7) is 0.590. The molecular formula is C13H11ClN4. The van der Waals surface area contributed by atoms with Crippen molar-refractivity contribution in [3.8, 4) is 0 Å². The summed E-state index contributed by atoms with van der Waals surface area (Å²) in [7, 11) is 0. The lowest BCUT2D eigenvalue weighted by molar-refractivity contribution is 1.01. The van der Waals surface area contributed by atoms with Crippen molar-refractivity contribution in [3.63, 3.8) is 0 Å². The molecule has 2 aliphatic rings. The molecule has 0 amide bonds. The molecular weight excluding hydrogens is 248 g/mol. The van der Waals surface area contributed by atoms with Gasteiger partial charge in [0.15, 0.2) is 0 Å². The van der Waals surface area contributed by atoms with Crippen LogP contribution in [0.3, 0.4) is 0 Å². The van der Waals surface area contributed by atoms with Gasteiger partial charge in [0.05, 0.1) is 11.4 Å². The van der Waals surface area contributed by atoms with Gasteiger partial charge >= 0.3 is 0 Å². The molecule has 4 nitrogen and oxygen atoms in total. The maximum atomic E-state index is 5.89. The lowest BCUT2D eigenvalue weighted by Crippen LogP contribution is -2.14. The fourth-order valence-electron chi connectivity index (χ4n) is 1.87. The maximum Gasteiger partial charge on any atom is 0.105 e. The normalized spacial score (nSPS) is 17.5. The summed E-state index contributed by atoms with van der Waals surface area (Å²) in [6.07, 6.45) is 7.80. The van der Waals surface area contributed by atoms with E-state index in [-0.39, 0.29) is 0 Å². The van der Waals surface area contributed by atoms with E-state index < -0.39 is 0 Å². The highest BCUT2D eigenvalue weighted by Gasteiger charge is 2.19. The summed E-state index contributed by atoms with van der Waals surface area (Å²) in [5.74, 6) is 0. The SMILES string of the molecule is Clc1ccc(N2N=NCC2=C2C=CNC=C2)cc1. The van der Waals surface area contributed by atoms with Crippen LogP contribution in [-0.2, 0) is 0 Å². The number of anilines is 1. The molecule has 0 fully saturated rings. The molecule has 18 heavy (non-hydrogen) atoms. The molecule has 1 N–H and O–H groups in total. The third-order valence-electron chi connectivity index (χ3n) is 2.75. The zero-order valence-electron chi connectivity index (χ0n) is 9.55. The molecule has 0 bridgehead atoms. The average Bonchev–Trinajstić information content (AvgIpc) is 2.90. The molecule has 5 heteroatoms. The lowest BCUT2D eigenvalue weighted by Gasteiger charge is -2.17. The van der Waals surface area contributed by atoms with E-state index in [1.165, 1.54) is 0 Å². The number of hydrogen-bond acceptors (Lipinski definition) is 4. The second-order valence-corrected chi connectivity index (χ2v) is 4.35. The zero-order chi connectivity index (χ0) is 12.4. The van der Waals surface area contributed by atoms with E-state index in [0.717, 1.165) is 17.0 Å². The summed E-state index contributed by atoms with van der Waals surface area (Å²) in [5.41, 5.74) is 3.13. The molecule has 90 valence electrons. The quantitative estimate of drug-likeness (QED) is 0.839. The van der Waals surface area contributed by atoms with Crippen LogP contribution in [0.5, 0.6) is 0 Å². The first-order valence-electron chi connectivity index (χ1n) is 5.60. The molecule has 3 rings (SSSR count). The van der Waals surface area contributed by atoms with Gasteiger partial charge in [0.2, 0.25) is 0 Å². The number of dihydropyridines is 1. The van der Waals surface area contributed by atoms with Crippen molar-refractivity contribution in [1.29, 1.82) is 0 Å². The smallest absolute Gasteiger partial charge is 0.105 e. The van der Waals surface area contributed by atoms with Crippen LogP contribution in [0, 0.1) is 0 Å². The highest BCUT2D eigenvalue weighted by molar-refractivity contribution is 6.30. The zero-order valence-corrected chi connectivity index (χ0v) is 10.3. The number of allylic oxidation sites excluding steroid dienone is 3. The Balaban J connectivity index is 1.98. The van der Waals surface area contributed by atoms with Gasteiger partial charge in [0.1, 0.15) is 6.54 Å². The monoisotopic (exact) mass is 258 g/mol. The van der Waals surface area contributed by atoms with Crippen LogP contribution in [0.15, 0.2) is 70.4 Å². The third-order valence-corrected chi connectivity index (χ3v) is 3.00. The Morgan fingerprint density at radius 2 is 1.83 bits per heavy atom. The van der Waals surface area contributed by atoms with E-state index in [0.29, 0.717) is 11.6 Å². The minimum Gasteiger partial charge on any atom is -0.368 e. The predicted octanol–water partition coefficient (Wildman–Crippen LogP) is 3.41. The van der Waals surface area contributed by atoms with Gasteiger partial charge in [-0.2, -0.15) is 5.11 Å². The van der Waals surface area contributed by atoms with Gasteiger partial charge in [0, 0.05) is 23.0 Å². The largest absolute Gasteiger partial charge is 0.368 e. The molecule has 0 saturated heterocycles. The van der Waals surface area contributed by atoms with Crippen LogP contribution >= 0.6 is 11.6 Å². The molecule has 0 aromatic heterocycles. The van der Waals surface area contributed by atoms with Crippen LogP contribution in [0.1, 0.15) is 0 Å². The van der Waals surface area contributed by atoms with Gasteiger partial charge < -0.3 is 5.32 Å². The van der Waals surface area contributed by atoms with Gasteiger partial charge in [-0.15, -0.1) is 0 Å². The summed E-state index contributed by atoms with van der Waals surface area (Å²) in [4.78, 5) is 0. The van der Waals surface area contributed by atoms with Gasteiger partial charge in [0.25, 0.3) is 0 Å². The number of benzene rings is 1. The van der Waals surface area contributed by atoms with E-state index >= 15 is 0 Å². The topological polar surface area (TPSA) is 40.0 Å². The molecule has 1 aromatic carbocycles. The highest BCUT2D eigenvalue weighted by Crippen LogP contribution is 2.28. The Bertz CT molecular complexity index is 555. The first-order valence-corrected chi connectivity index (χ1v) is 5.98. The summed E-state index contributed by atoms with van der Waals surface area (Å²) in [5, 5.41) is 13.8. The fourth-order valence-corrected chi connectivity index (χ4v) is 1.99. The van der Waals surface area contributed by atoms with Crippen molar-refractivity contribution in [3.05, 3.63) is 65.1 Å². The second-order valence-electron chi connectivity index (χ2n) is 3.91. The van der Waals surface area contributed by atoms with Crippen LogP contribution in [-0.4, -0.2) is 6.54 Å². The standard InChI is InChI=1S/C13H11ClN4/c14-11-1-3-12(4-2-11)18-13(9-16-17-18)10-5-7-15-8-6-10/h1-8,15H,9H2. The number of halogens is 1. The number of nitrogens with zero attached hydrogens (tertiary/aromatic N) is 3. The summed E-state index contributed by atoms with van der Waals surface area (Å²) >= 11 is 5.89. The minimum absolute atomic E-state index is 0.590. The molecule has 0 spiro atoms. The predicted molar refractivity (Wildman–Crippen MR) is 72.1 cm³/mol. The third kappa shape index (κ3) is 2.02. The van der Waals surface area contributed by atoms with E-state index in [2.05, 4.69) is 15.7 Å². The molecule has 0 saturated carbocycles. The molecule has 2 aliphatic heterocycles. The first-order chi connectivity index (χ1) is 8.84. The Morgan fingerprint density at radius 3 is 2.56 bits per heavy atom. The Hall–Kier alpha value is -2.07. The Labute approximate surface area is 110 Å². The minimum atomic E-state index is 0.590. The van der Waals surface area contributed by atoms with Crippen LogP contribution in [0.4, 0.5) is 5.69 Å². The van der Waals surface area contributed by atoms with Gasteiger partial charge in [-0.1, -0.05) is 16.8 Å². The second kappa shape index (κ2) is 4.66. The number of hydrogen-bond donors (Lipinski definition) is 1. The summed E-state index contributed by atoms with van der Waals surface area (Å²) < 4.78 is 0. The molecule has 2 heterocycles. The first kappa shape index (κ1) is 11.0. The van der Waals surface area contributed by atoms with Crippen LogP contribution in [0.25, 0.3) is 0 Å². The van der Waals surface area contributed by atoms with E-state index in [1.807, 2.05) is 53.8 Å². The lowest BCUT2D eigenvalue weighted by atomic mass is 10.1. The molecule has 0 unspecified atom stereocenters. The van der Waals surface area contributed by atoms with Crippen molar-refractivity contribution in [2.75, 3.05) is 11.6 Å². The van der Waals surface area contributed by atoms with E-state index in [1.54, 1.807) is 0 Å². The van der Waals surface area contributed by atoms with Crippen LogP contribution < -0.4 is 10.3 Å². The van der Waals surface area contributed by atoms with Crippen LogP contribution in [0.2, 0.25) is 5.02 Å². The van der Waals surface area contributed by atoms with E-state index in [9.17, 15) is 0 Å². The molecule has 0 aliphatic carbocycles. The maximum absolute atomic E-state index is 5.89. The Kier molecular flexibility index (Phi) is 2.86. The van der Waals surface area contributed by atoms with Crippen molar-refractivity contribution in [2.45, 2.75) is 0 Å². The molecule has 0 radical (unpaired) electrons. The average molecular weight is 259 g/mol. The fraction of sp³-hybridized carbons (Fsp3) is 0.0769. The number of rotatable bonds is 1.